The Bertz CT molecular complexity index is 371. The van der Waals surface area contributed by atoms with Crippen molar-refractivity contribution in [2.45, 2.75) is 19.4 Å². The van der Waals surface area contributed by atoms with Crippen molar-refractivity contribution < 1.29 is 9.90 Å². The number of halogens is 1. The van der Waals surface area contributed by atoms with E-state index in [9.17, 15) is 4.79 Å². The Morgan fingerprint density at radius 2 is 2.38 bits per heavy atom. The van der Waals surface area contributed by atoms with Crippen LogP contribution >= 0.6 is 11.6 Å². The van der Waals surface area contributed by atoms with Crippen molar-refractivity contribution in [3.05, 3.63) is 23.2 Å². The van der Waals surface area contributed by atoms with Crippen molar-refractivity contribution in [3.8, 4) is 0 Å². The van der Waals surface area contributed by atoms with Gasteiger partial charge in [-0.3, -0.25) is 4.79 Å². The third kappa shape index (κ3) is 3.43. The molecule has 1 unspecified atom stereocenters. The summed E-state index contributed by atoms with van der Waals surface area (Å²) in [5, 5.41) is 9.35. The zero-order valence-electron chi connectivity index (χ0n) is 9.22. The zero-order valence-corrected chi connectivity index (χ0v) is 9.98. The van der Waals surface area contributed by atoms with Gasteiger partial charge in [0.05, 0.1) is 11.1 Å². The Kier molecular flexibility index (Phi) is 4.64. The lowest BCUT2D eigenvalue weighted by Gasteiger charge is -2.17. The van der Waals surface area contributed by atoms with Crippen molar-refractivity contribution in [1.29, 1.82) is 0 Å². The van der Waals surface area contributed by atoms with Gasteiger partial charge in [0.15, 0.2) is 0 Å². The van der Waals surface area contributed by atoms with Crippen LogP contribution in [0.3, 0.4) is 0 Å². The zero-order chi connectivity index (χ0) is 12.1. The molecule has 0 saturated heterocycles. The van der Waals surface area contributed by atoms with E-state index in [1.807, 2.05) is 0 Å². The highest BCUT2D eigenvalue weighted by Crippen LogP contribution is 2.12. The minimum Gasteiger partial charge on any atom is -0.393 e. The molecule has 0 aliphatic rings. The Morgan fingerprint density at radius 1 is 1.69 bits per heavy atom. The Labute approximate surface area is 99.1 Å². The van der Waals surface area contributed by atoms with Crippen LogP contribution in [-0.4, -0.2) is 45.6 Å². The quantitative estimate of drug-likeness (QED) is 0.856. The first-order valence-electron chi connectivity index (χ1n) is 4.91. The predicted molar refractivity (Wildman–Crippen MR) is 60.3 cm³/mol. The number of rotatable bonds is 4. The molecule has 1 aromatic rings. The van der Waals surface area contributed by atoms with Gasteiger partial charge in [0.1, 0.15) is 12.0 Å². The molecule has 88 valence electrons. The summed E-state index contributed by atoms with van der Waals surface area (Å²) in [6.45, 7) is 2.13. The van der Waals surface area contributed by atoms with Gasteiger partial charge in [-0.05, 0) is 13.3 Å². The van der Waals surface area contributed by atoms with Crippen LogP contribution in [0.5, 0.6) is 0 Å². The van der Waals surface area contributed by atoms with E-state index < -0.39 is 6.10 Å². The molecular weight excluding hydrogens is 230 g/mol. The molecule has 0 saturated carbocycles. The van der Waals surface area contributed by atoms with Crippen LogP contribution in [-0.2, 0) is 0 Å². The molecule has 6 heteroatoms. The average molecular weight is 244 g/mol. The van der Waals surface area contributed by atoms with Crippen molar-refractivity contribution >= 4 is 17.5 Å². The van der Waals surface area contributed by atoms with Gasteiger partial charge in [0.25, 0.3) is 5.91 Å². The highest BCUT2D eigenvalue weighted by molar-refractivity contribution is 6.33. The number of hydrogen-bond donors (Lipinski definition) is 1. The second-order valence-electron chi connectivity index (χ2n) is 3.58. The number of aromatic nitrogens is 2. The highest BCUT2D eigenvalue weighted by Gasteiger charge is 2.16. The molecule has 1 rings (SSSR count). The van der Waals surface area contributed by atoms with Crippen LogP contribution in [0, 0.1) is 0 Å². The fourth-order valence-corrected chi connectivity index (χ4v) is 1.32. The van der Waals surface area contributed by atoms with Gasteiger partial charge in [-0.25, -0.2) is 9.97 Å². The standard InChI is InChI=1S/C10H14ClN3O2/c1-7(15)3-4-14(2)10(16)9-8(11)5-12-6-13-9/h5-7,15H,3-4H2,1-2H3. The fraction of sp³-hybridized carbons (Fsp3) is 0.500. The molecule has 0 radical (unpaired) electrons. The molecule has 1 atom stereocenters. The van der Waals surface area contributed by atoms with Crippen LogP contribution in [0.1, 0.15) is 23.8 Å². The van der Waals surface area contributed by atoms with E-state index in [1.165, 1.54) is 17.4 Å². The number of carbonyl (C=O) groups excluding carboxylic acids is 1. The summed E-state index contributed by atoms with van der Waals surface area (Å²) < 4.78 is 0. The lowest BCUT2D eigenvalue weighted by atomic mass is 10.2. The molecule has 1 N–H and O–H groups in total. The van der Waals surface area contributed by atoms with Crippen molar-refractivity contribution in [2.24, 2.45) is 0 Å². The first-order chi connectivity index (χ1) is 7.52. The van der Waals surface area contributed by atoms with Gasteiger partial charge in [0.2, 0.25) is 0 Å². The summed E-state index contributed by atoms with van der Waals surface area (Å²) in [5.41, 5.74) is 0.185. The maximum absolute atomic E-state index is 11.8. The first kappa shape index (κ1) is 12.9. The molecule has 0 aliphatic carbocycles. The van der Waals surface area contributed by atoms with Crippen LogP contribution < -0.4 is 0 Å². The normalized spacial score (nSPS) is 12.2. The molecule has 0 aliphatic heterocycles. The lowest BCUT2D eigenvalue weighted by Crippen LogP contribution is -2.30. The molecule has 0 fully saturated rings. The largest absolute Gasteiger partial charge is 0.393 e. The highest BCUT2D eigenvalue weighted by atomic mass is 35.5. The minimum absolute atomic E-state index is 0.185. The van der Waals surface area contributed by atoms with E-state index in [4.69, 9.17) is 16.7 Å². The monoisotopic (exact) mass is 243 g/mol. The summed E-state index contributed by atoms with van der Waals surface area (Å²) in [7, 11) is 1.64. The van der Waals surface area contributed by atoms with Crippen molar-refractivity contribution in [3.63, 3.8) is 0 Å². The predicted octanol–water partition coefficient (Wildman–Crippen LogP) is 0.973. The maximum Gasteiger partial charge on any atom is 0.273 e. The van der Waals surface area contributed by atoms with Gasteiger partial charge in [-0.2, -0.15) is 0 Å². The summed E-state index contributed by atoms with van der Waals surface area (Å²) in [5.74, 6) is -0.270. The number of aliphatic hydroxyl groups excluding tert-OH is 1. The lowest BCUT2D eigenvalue weighted by molar-refractivity contribution is 0.0763. The number of hydrogen-bond acceptors (Lipinski definition) is 4. The summed E-state index contributed by atoms with van der Waals surface area (Å²) in [6.07, 6.45) is 2.74. The molecule has 16 heavy (non-hydrogen) atoms. The molecule has 0 bridgehead atoms. The topological polar surface area (TPSA) is 66.3 Å². The molecule has 0 spiro atoms. The molecule has 1 aromatic heterocycles. The molecule has 1 amide bonds. The smallest absolute Gasteiger partial charge is 0.273 e. The van der Waals surface area contributed by atoms with Crippen LogP contribution in [0.15, 0.2) is 12.5 Å². The molecular formula is C10H14ClN3O2. The van der Waals surface area contributed by atoms with Crippen molar-refractivity contribution in [1.82, 2.24) is 14.9 Å². The SMILES string of the molecule is CC(O)CCN(C)C(=O)c1ncncc1Cl. The first-order valence-corrected chi connectivity index (χ1v) is 5.29. The van der Waals surface area contributed by atoms with Crippen LogP contribution in [0.25, 0.3) is 0 Å². The van der Waals surface area contributed by atoms with Crippen LogP contribution in [0.4, 0.5) is 0 Å². The molecule has 5 nitrogen and oxygen atoms in total. The van der Waals surface area contributed by atoms with E-state index in [-0.39, 0.29) is 16.6 Å². The molecule has 1 heterocycles. The Balaban J connectivity index is 2.67. The number of aliphatic hydroxyl groups is 1. The number of nitrogens with zero attached hydrogens (tertiary/aromatic N) is 3. The number of carbonyl (C=O) groups is 1. The van der Waals surface area contributed by atoms with Gasteiger partial charge < -0.3 is 10.0 Å². The Morgan fingerprint density at radius 3 is 2.94 bits per heavy atom. The second kappa shape index (κ2) is 5.77. The van der Waals surface area contributed by atoms with E-state index in [1.54, 1.807) is 14.0 Å². The summed E-state index contributed by atoms with van der Waals surface area (Å²) >= 11 is 5.80. The average Bonchev–Trinajstić information content (AvgIpc) is 2.25. The summed E-state index contributed by atoms with van der Waals surface area (Å²) in [4.78, 5) is 20.9. The van der Waals surface area contributed by atoms with E-state index in [0.29, 0.717) is 13.0 Å². The third-order valence-corrected chi connectivity index (χ3v) is 2.38. The third-order valence-electron chi connectivity index (χ3n) is 2.10. The molecule has 0 aromatic carbocycles. The van der Waals surface area contributed by atoms with Crippen LogP contribution in [0.2, 0.25) is 5.02 Å². The van der Waals surface area contributed by atoms with Crippen molar-refractivity contribution in [2.75, 3.05) is 13.6 Å². The van der Waals surface area contributed by atoms with E-state index >= 15 is 0 Å². The fourth-order valence-electron chi connectivity index (χ4n) is 1.13. The van der Waals surface area contributed by atoms with Gasteiger partial charge in [-0.15, -0.1) is 0 Å². The van der Waals surface area contributed by atoms with Gasteiger partial charge in [-0.1, -0.05) is 11.6 Å². The minimum atomic E-state index is -0.434. The van der Waals surface area contributed by atoms with Gasteiger partial charge in [0, 0.05) is 19.8 Å². The van der Waals surface area contributed by atoms with E-state index in [2.05, 4.69) is 9.97 Å². The summed E-state index contributed by atoms with van der Waals surface area (Å²) in [6, 6.07) is 0. The van der Waals surface area contributed by atoms with Gasteiger partial charge >= 0.3 is 0 Å². The second-order valence-corrected chi connectivity index (χ2v) is 3.99. The number of amides is 1. The van der Waals surface area contributed by atoms with E-state index in [0.717, 1.165) is 0 Å². The maximum atomic E-state index is 11.8. The Hall–Kier alpha value is -1.20.